The molecule has 1 heterocycles. The van der Waals surface area contributed by atoms with Gasteiger partial charge in [0.15, 0.2) is 11.5 Å². The van der Waals surface area contributed by atoms with Crippen molar-refractivity contribution in [1.82, 2.24) is 5.32 Å². The highest BCUT2D eigenvalue weighted by Gasteiger charge is 2.26. The number of amides is 1. The molecular weight excluding hydrogens is 408 g/mol. The molecule has 0 unspecified atom stereocenters. The summed E-state index contributed by atoms with van der Waals surface area (Å²) in [5, 5.41) is 2.78. The molecule has 0 spiro atoms. The van der Waals surface area contributed by atoms with Gasteiger partial charge in [0.25, 0.3) is 0 Å². The van der Waals surface area contributed by atoms with E-state index in [1.807, 2.05) is 31.2 Å². The number of carbonyl (C=O) groups excluding carboxylic acids is 1. The second-order valence-electron chi connectivity index (χ2n) is 7.04. The fraction of sp³-hybridized carbons (Fsp3) is 0.381. The Balaban J connectivity index is 1.64. The van der Waals surface area contributed by atoms with E-state index in [-0.39, 0.29) is 31.7 Å². The van der Waals surface area contributed by atoms with Crippen molar-refractivity contribution in [2.75, 3.05) is 30.0 Å². The number of anilines is 1. The summed E-state index contributed by atoms with van der Waals surface area (Å²) < 4.78 is 42.6. The zero-order valence-electron chi connectivity index (χ0n) is 17.3. The minimum absolute atomic E-state index is 0.0816. The molecule has 162 valence electrons. The smallest absolute Gasteiger partial charge is 0.241 e. The number of benzene rings is 2. The Morgan fingerprint density at radius 3 is 2.57 bits per heavy atom. The van der Waals surface area contributed by atoms with Gasteiger partial charge in [-0.1, -0.05) is 17.7 Å². The van der Waals surface area contributed by atoms with Crippen LogP contribution < -0.4 is 23.8 Å². The van der Waals surface area contributed by atoms with Crippen molar-refractivity contribution < 1.29 is 27.4 Å². The summed E-state index contributed by atoms with van der Waals surface area (Å²) in [6.07, 6.45) is 0. The van der Waals surface area contributed by atoms with Crippen LogP contribution in [0.5, 0.6) is 17.2 Å². The fourth-order valence-electron chi connectivity index (χ4n) is 2.89. The number of ether oxygens (including phenoxy) is 3. The van der Waals surface area contributed by atoms with E-state index in [2.05, 4.69) is 5.32 Å². The average molecular weight is 435 g/mol. The number of hydrogen-bond acceptors (Lipinski definition) is 6. The number of rotatable bonds is 9. The van der Waals surface area contributed by atoms with Crippen LogP contribution >= 0.6 is 0 Å². The maximum atomic E-state index is 12.6. The van der Waals surface area contributed by atoms with E-state index in [1.165, 1.54) is 6.92 Å². The first-order valence-corrected chi connectivity index (χ1v) is 11.3. The van der Waals surface area contributed by atoms with Crippen LogP contribution in [0.2, 0.25) is 0 Å². The van der Waals surface area contributed by atoms with Gasteiger partial charge in [-0.05, 0) is 45.0 Å². The number of nitrogens with zero attached hydrogens (tertiary/aromatic N) is 1. The first-order valence-electron chi connectivity index (χ1n) is 9.67. The van der Waals surface area contributed by atoms with Gasteiger partial charge in [0.05, 0.1) is 17.5 Å². The van der Waals surface area contributed by atoms with Crippen LogP contribution in [0.3, 0.4) is 0 Å². The molecule has 1 aliphatic rings. The molecule has 0 aliphatic carbocycles. The van der Waals surface area contributed by atoms with E-state index in [0.29, 0.717) is 22.9 Å². The van der Waals surface area contributed by atoms with Crippen molar-refractivity contribution in [1.29, 1.82) is 0 Å². The second kappa shape index (κ2) is 9.25. The Bertz CT molecular complexity index is 991. The lowest BCUT2D eigenvalue weighted by Crippen LogP contribution is -2.45. The van der Waals surface area contributed by atoms with E-state index in [9.17, 15) is 13.2 Å². The molecule has 30 heavy (non-hydrogen) atoms. The Hall–Kier alpha value is -2.94. The molecule has 0 bridgehead atoms. The van der Waals surface area contributed by atoms with Gasteiger partial charge >= 0.3 is 0 Å². The Morgan fingerprint density at radius 1 is 1.17 bits per heavy atom. The van der Waals surface area contributed by atoms with Crippen molar-refractivity contribution in [3.63, 3.8) is 0 Å². The predicted molar refractivity (Wildman–Crippen MR) is 114 cm³/mol. The van der Waals surface area contributed by atoms with Crippen molar-refractivity contribution in [2.24, 2.45) is 0 Å². The number of hydrogen-bond donors (Lipinski definition) is 1. The summed E-state index contributed by atoms with van der Waals surface area (Å²) in [6.45, 7) is 5.32. The maximum Gasteiger partial charge on any atom is 0.241 e. The van der Waals surface area contributed by atoms with Crippen LogP contribution in [0, 0.1) is 6.92 Å². The van der Waals surface area contributed by atoms with Gasteiger partial charge in [-0.25, -0.2) is 8.42 Å². The maximum absolute atomic E-state index is 12.6. The summed E-state index contributed by atoms with van der Waals surface area (Å²) in [7, 11) is -3.68. The molecule has 1 N–H and O–H groups in total. The SMILES string of the molecule is CCS(=O)(=O)N(CC(=O)N[C@@H](C)COc1ccc(C)cc1)c1ccc2c(c1)OCO2. The number of aryl methyl sites for hydroxylation is 1. The van der Waals surface area contributed by atoms with Gasteiger partial charge in [0, 0.05) is 6.07 Å². The lowest BCUT2D eigenvalue weighted by molar-refractivity contribution is -0.120. The van der Waals surface area contributed by atoms with Crippen LogP contribution in [-0.2, 0) is 14.8 Å². The van der Waals surface area contributed by atoms with Crippen LogP contribution in [0.4, 0.5) is 5.69 Å². The minimum atomic E-state index is -3.68. The first kappa shape index (κ1) is 21.8. The van der Waals surface area contributed by atoms with Crippen LogP contribution in [0.1, 0.15) is 19.4 Å². The number of nitrogens with one attached hydrogen (secondary N) is 1. The van der Waals surface area contributed by atoms with Gasteiger partial charge in [-0.3, -0.25) is 9.10 Å². The molecule has 0 aromatic heterocycles. The molecule has 1 amide bonds. The van der Waals surface area contributed by atoms with Crippen LogP contribution in [0.25, 0.3) is 0 Å². The Kier molecular flexibility index (Phi) is 6.71. The second-order valence-corrected chi connectivity index (χ2v) is 9.22. The summed E-state index contributed by atoms with van der Waals surface area (Å²) in [5.41, 5.74) is 1.48. The molecular formula is C21H26N2O6S. The van der Waals surface area contributed by atoms with Gasteiger partial charge < -0.3 is 19.5 Å². The summed E-state index contributed by atoms with van der Waals surface area (Å²) in [5.74, 6) is 1.13. The lowest BCUT2D eigenvalue weighted by atomic mass is 10.2. The Morgan fingerprint density at radius 2 is 1.87 bits per heavy atom. The van der Waals surface area contributed by atoms with E-state index < -0.39 is 15.9 Å². The normalized spacial score (nSPS) is 13.6. The lowest BCUT2D eigenvalue weighted by Gasteiger charge is -2.24. The highest BCUT2D eigenvalue weighted by Crippen LogP contribution is 2.36. The van der Waals surface area contributed by atoms with E-state index in [0.717, 1.165) is 9.87 Å². The first-order chi connectivity index (χ1) is 14.3. The van der Waals surface area contributed by atoms with Crippen LogP contribution in [-0.4, -0.2) is 46.1 Å². The van der Waals surface area contributed by atoms with Gasteiger partial charge in [-0.2, -0.15) is 0 Å². The molecule has 0 saturated carbocycles. The third-order valence-corrected chi connectivity index (χ3v) is 6.30. The number of carbonyl (C=O) groups is 1. The van der Waals surface area contributed by atoms with E-state index in [4.69, 9.17) is 14.2 Å². The molecule has 9 heteroatoms. The summed E-state index contributed by atoms with van der Waals surface area (Å²) in [6, 6.07) is 12.1. The molecule has 2 aromatic carbocycles. The predicted octanol–water partition coefficient (Wildman–Crippen LogP) is 2.46. The number of fused-ring (bicyclic) bond motifs is 1. The fourth-order valence-corrected chi connectivity index (χ4v) is 3.96. The molecule has 1 atom stereocenters. The van der Waals surface area contributed by atoms with Gasteiger partial charge in [0.1, 0.15) is 18.9 Å². The molecule has 2 aromatic rings. The van der Waals surface area contributed by atoms with Crippen molar-refractivity contribution in [3.8, 4) is 17.2 Å². The van der Waals surface area contributed by atoms with Gasteiger partial charge in [-0.15, -0.1) is 0 Å². The van der Waals surface area contributed by atoms with E-state index >= 15 is 0 Å². The molecule has 0 saturated heterocycles. The topological polar surface area (TPSA) is 94.2 Å². The molecule has 3 rings (SSSR count). The van der Waals surface area contributed by atoms with Crippen molar-refractivity contribution >= 4 is 21.6 Å². The third-order valence-electron chi connectivity index (χ3n) is 4.56. The monoisotopic (exact) mass is 434 g/mol. The van der Waals surface area contributed by atoms with Crippen molar-refractivity contribution in [3.05, 3.63) is 48.0 Å². The summed E-state index contributed by atoms with van der Waals surface area (Å²) >= 11 is 0. The molecule has 0 fully saturated rings. The zero-order chi connectivity index (χ0) is 21.7. The van der Waals surface area contributed by atoms with Crippen LogP contribution in [0.15, 0.2) is 42.5 Å². The largest absolute Gasteiger partial charge is 0.491 e. The molecule has 0 radical (unpaired) electrons. The highest BCUT2D eigenvalue weighted by molar-refractivity contribution is 7.92. The van der Waals surface area contributed by atoms with E-state index in [1.54, 1.807) is 25.1 Å². The van der Waals surface area contributed by atoms with Crippen molar-refractivity contribution in [2.45, 2.75) is 26.8 Å². The highest BCUT2D eigenvalue weighted by atomic mass is 32.2. The quantitative estimate of drug-likeness (QED) is 0.652. The average Bonchev–Trinajstić information content (AvgIpc) is 3.19. The number of sulfonamides is 1. The standard InChI is InChI=1S/C21H26N2O6S/c1-4-30(25,26)23(17-7-10-19-20(11-17)29-14-28-19)12-21(24)22-16(3)13-27-18-8-5-15(2)6-9-18/h5-11,16H,4,12-14H2,1-3H3,(H,22,24)/t16-/m0/s1. The molecule has 1 aliphatic heterocycles. The Labute approximate surface area is 176 Å². The summed E-state index contributed by atoms with van der Waals surface area (Å²) in [4.78, 5) is 12.6. The molecule has 8 nitrogen and oxygen atoms in total. The minimum Gasteiger partial charge on any atom is -0.491 e. The third kappa shape index (κ3) is 5.35. The van der Waals surface area contributed by atoms with Gasteiger partial charge in [0.2, 0.25) is 22.7 Å². The zero-order valence-corrected chi connectivity index (χ0v) is 18.1.